The highest BCUT2D eigenvalue weighted by molar-refractivity contribution is 7.99. The summed E-state index contributed by atoms with van der Waals surface area (Å²) < 4.78 is 7.54. The van der Waals surface area contributed by atoms with Crippen molar-refractivity contribution in [1.29, 1.82) is 0 Å². The van der Waals surface area contributed by atoms with Crippen LogP contribution in [-0.2, 0) is 17.9 Å². The molecule has 2 heterocycles. The molecule has 0 aliphatic rings. The summed E-state index contributed by atoms with van der Waals surface area (Å²) >= 11 is 7.45. The van der Waals surface area contributed by atoms with Crippen LogP contribution in [0.25, 0.3) is 11.4 Å². The zero-order valence-corrected chi connectivity index (χ0v) is 21.0. The van der Waals surface area contributed by atoms with E-state index in [1.165, 1.54) is 11.8 Å². The van der Waals surface area contributed by atoms with Crippen LogP contribution >= 0.6 is 23.4 Å². The molecule has 1 amide bonds. The van der Waals surface area contributed by atoms with E-state index in [2.05, 4.69) is 31.0 Å². The van der Waals surface area contributed by atoms with Gasteiger partial charge < -0.3 is 9.32 Å². The van der Waals surface area contributed by atoms with Crippen molar-refractivity contribution in [2.45, 2.75) is 44.6 Å². The van der Waals surface area contributed by atoms with Crippen LogP contribution in [0.2, 0.25) is 5.02 Å². The van der Waals surface area contributed by atoms with E-state index in [9.17, 15) is 4.79 Å². The van der Waals surface area contributed by atoms with Gasteiger partial charge in [-0.2, -0.15) is 0 Å². The molecule has 176 valence electrons. The summed E-state index contributed by atoms with van der Waals surface area (Å²) in [5, 5.41) is 10.1. The van der Waals surface area contributed by atoms with Gasteiger partial charge in [0.25, 0.3) is 0 Å². The molecule has 4 aromatic rings. The molecule has 0 N–H and O–H groups in total. The van der Waals surface area contributed by atoms with Gasteiger partial charge >= 0.3 is 0 Å². The van der Waals surface area contributed by atoms with Crippen LogP contribution < -0.4 is 0 Å². The van der Waals surface area contributed by atoms with Gasteiger partial charge in [0.1, 0.15) is 5.76 Å². The highest BCUT2D eigenvalue weighted by Crippen LogP contribution is 2.27. The van der Waals surface area contributed by atoms with Crippen molar-refractivity contribution in [3.8, 4) is 11.4 Å². The first-order chi connectivity index (χ1) is 16.3. The molecule has 0 aliphatic heterocycles. The summed E-state index contributed by atoms with van der Waals surface area (Å²) in [5.74, 6) is 1.77. The number of thioether (sulfide) groups is 1. The van der Waals surface area contributed by atoms with Crippen molar-refractivity contribution in [3.05, 3.63) is 89.3 Å². The lowest BCUT2D eigenvalue weighted by atomic mass is 10.0. The Morgan fingerprint density at radius 2 is 1.76 bits per heavy atom. The second-order valence-electron chi connectivity index (χ2n) is 8.90. The third-order valence-electron chi connectivity index (χ3n) is 5.33. The molecule has 2 aromatic heterocycles. The van der Waals surface area contributed by atoms with Gasteiger partial charge in [-0.3, -0.25) is 9.36 Å². The average Bonchev–Trinajstić information content (AvgIpc) is 3.47. The normalized spacial score (nSPS) is 11.5. The number of halogens is 1. The molecular weight excluding hydrogens is 468 g/mol. The largest absolute Gasteiger partial charge is 0.467 e. The van der Waals surface area contributed by atoms with Crippen molar-refractivity contribution in [2.24, 2.45) is 0 Å². The average molecular weight is 495 g/mol. The maximum atomic E-state index is 13.3. The third-order valence-corrected chi connectivity index (χ3v) is 6.54. The molecule has 0 atom stereocenters. The number of amides is 1. The highest BCUT2D eigenvalue weighted by Gasteiger charge is 2.27. The molecule has 0 saturated carbocycles. The minimum atomic E-state index is -0.316. The van der Waals surface area contributed by atoms with Crippen molar-refractivity contribution >= 4 is 29.3 Å². The van der Waals surface area contributed by atoms with E-state index < -0.39 is 0 Å². The van der Waals surface area contributed by atoms with E-state index >= 15 is 0 Å². The zero-order chi connectivity index (χ0) is 24.1. The van der Waals surface area contributed by atoms with E-state index in [0.29, 0.717) is 29.1 Å². The van der Waals surface area contributed by atoms with Gasteiger partial charge in [0, 0.05) is 22.7 Å². The number of rotatable bonds is 8. The summed E-state index contributed by atoms with van der Waals surface area (Å²) in [4.78, 5) is 15.2. The van der Waals surface area contributed by atoms with Gasteiger partial charge in [0.05, 0.1) is 18.6 Å². The Labute approximate surface area is 208 Å². The standard InChI is InChI=1S/C26H27ClN4O2S/c1-26(2,3)31(16-19-8-5-4-6-9-19)23(32)18-34-25-29-28-24(20-11-13-21(27)14-12-20)30(25)17-22-10-7-15-33-22/h4-15H,16-18H2,1-3H3. The zero-order valence-electron chi connectivity index (χ0n) is 19.4. The van der Waals surface area contributed by atoms with Gasteiger partial charge in [0.2, 0.25) is 5.91 Å². The Morgan fingerprint density at radius 3 is 2.41 bits per heavy atom. The molecule has 0 bridgehead atoms. The first-order valence-corrected chi connectivity index (χ1v) is 12.4. The third kappa shape index (κ3) is 5.90. The Bertz CT molecular complexity index is 1220. The van der Waals surface area contributed by atoms with Crippen LogP contribution in [0.3, 0.4) is 0 Å². The van der Waals surface area contributed by atoms with Crippen LogP contribution in [0.5, 0.6) is 0 Å². The molecule has 34 heavy (non-hydrogen) atoms. The summed E-state index contributed by atoms with van der Waals surface area (Å²) in [5.41, 5.74) is 1.67. The highest BCUT2D eigenvalue weighted by atomic mass is 35.5. The van der Waals surface area contributed by atoms with Gasteiger partial charge in [-0.1, -0.05) is 53.7 Å². The quantitative estimate of drug-likeness (QED) is 0.274. The van der Waals surface area contributed by atoms with E-state index in [-0.39, 0.29) is 17.2 Å². The van der Waals surface area contributed by atoms with E-state index in [1.807, 2.05) is 76.2 Å². The lowest BCUT2D eigenvalue weighted by Gasteiger charge is -2.36. The molecule has 0 saturated heterocycles. The summed E-state index contributed by atoms with van der Waals surface area (Å²) in [6.07, 6.45) is 1.64. The van der Waals surface area contributed by atoms with Crippen molar-refractivity contribution < 1.29 is 9.21 Å². The molecule has 0 unspecified atom stereocenters. The molecule has 2 aromatic carbocycles. The predicted octanol–water partition coefficient (Wildman–Crippen LogP) is 6.16. The first kappa shape index (κ1) is 24.1. The van der Waals surface area contributed by atoms with Gasteiger partial charge in [-0.05, 0) is 62.7 Å². The van der Waals surface area contributed by atoms with Crippen molar-refractivity contribution in [1.82, 2.24) is 19.7 Å². The molecule has 0 radical (unpaired) electrons. The predicted molar refractivity (Wildman–Crippen MR) is 136 cm³/mol. The van der Waals surface area contributed by atoms with E-state index in [0.717, 1.165) is 16.9 Å². The SMILES string of the molecule is CC(C)(C)N(Cc1ccccc1)C(=O)CSc1nnc(-c2ccc(Cl)cc2)n1Cc1ccco1. The summed E-state index contributed by atoms with van der Waals surface area (Å²) in [7, 11) is 0. The minimum absolute atomic E-state index is 0.0435. The molecule has 0 aliphatic carbocycles. The molecule has 4 rings (SSSR count). The molecule has 6 nitrogen and oxygen atoms in total. The number of nitrogens with zero attached hydrogens (tertiary/aromatic N) is 4. The van der Waals surface area contributed by atoms with Crippen LogP contribution in [0.15, 0.2) is 82.6 Å². The second-order valence-corrected chi connectivity index (χ2v) is 10.3. The van der Waals surface area contributed by atoms with Gasteiger partial charge in [0.15, 0.2) is 11.0 Å². The Balaban J connectivity index is 1.56. The topological polar surface area (TPSA) is 64.2 Å². The van der Waals surface area contributed by atoms with E-state index in [1.54, 1.807) is 6.26 Å². The van der Waals surface area contributed by atoms with Crippen LogP contribution in [0.1, 0.15) is 32.1 Å². The molecule has 8 heteroatoms. The number of furan rings is 1. The minimum Gasteiger partial charge on any atom is -0.467 e. The fourth-order valence-electron chi connectivity index (χ4n) is 3.58. The van der Waals surface area contributed by atoms with E-state index in [4.69, 9.17) is 16.0 Å². The Morgan fingerprint density at radius 1 is 1.03 bits per heavy atom. The number of aromatic nitrogens is 3. The van der Waals surface area contributed by atoms with Crippen LogP contribution in [0, 0.1) is 0 Å². The monoisotopic (exact) mass is 494 g/mol. The Kier molecular flexibility index (Phi) is 7.44. The van der Waals surface area contributed by atoms with Crippen LogP contribution in [0.4, 0.5) is 0 Å². The Hall–Kier alpha value is -3.03. The molecular formula is C26H27ClN4O2S. The number of benzene rings is 2. The summed E-state index contributed by atoms with van der Waals surface area (Å²) in [6, 6.07) is 21.3. The van der Waals surface area contributed by atoms with Gasteiger partial charge in [-0.15, -0.1) is 10.2 Å². The number of carbonyl (C=O) groups is 1. The van der Waals surface area contributed by atoms with Gasteiger partial charge in [-0.25, -0.2) is 0 Å². The van der Waals surface area contributed by atoms with Crippen molar-refractivity contribution in [2.75, 3.05) is 5.75 Å². The molecule has 0 spiro atoms. The smallest absolute Gasteiger partial charge is 0.233 e. The fourth-order valence-corrected chi connectivity index (χ4v) is 4.52. The lowest BCUT2D eigenvalue weighted by Crippen LogP contribution is -2.45. The fraction of sp³-hybridized carbons (Fsp3) is 0.269. The number of hydrogen-bond donors (Lipinski definition) is 0. The summed E-state index contributed by atoms with van der Waals surface area (Å²) in [6.45, 7) is 7.17. The van der Waals surface area contributed by atoms with Crippen LogP contribution in [-0.4, -0.2) is 36.9 Å². The molecule has 0 fully saturated rings. The number of hydrogen-bond acceptors (Lipinski definition) is 5. The second kappa shape index (κ2) is 10.5. The maximum absolute atomic E-state index is 13.3. The number of carbonyl (C=O) groups excluding carboxylic acids is 1. The maximum Gasteiger partial charge on any atom is 0.233 e. The first-order valence-electron chi connectivity index (χ1n) is 11.0. The van der Waals surface area contributed by atoms with Crippen molar-refractivity contribution in [3.63, 3.8) is 0 Å². The lowest BCUT2D eigenvalue weighted by molar-refractivity contribution is -0.133.